The first kappa shape index (κ1) is 14.5. The minimum absolute atomic E-state index is 0.166. The van der Waals surface area contributed by atoms with E-state index >= 15 is 0 Å². The van der Waals surface area contributed by atoms with E-state index in [9.17, 15) is 4.39 Å². The molecule has 0 aliphatic heterocycles. The van der Waals surface area contributed by atoms with E-state index in [2.05, 4.69) is 12.2 Å². The van der Waals surface area contributed by atoms with E-state index in [-0.39, 0.29) is 5.82 Å². The first-order chi connectivity index (χ1) is 9.31. The molecule has 0 heterocycles. The second-order valence-corrected chi connectivity index (χ2v) is 5.29. The summed E-state index contributed by atoms with van der Waals surface area (Å²) in [5, 5.41) is 3.55. The van der Waals surface area contributed by atoms with Crippen LogP contribution in [0.1, 0.15) is 44.2 Å². The molecule has 2 rings (SSSR count). The van der Waals surface area contributed by atoms with Crippen molar-refractivity contribution in [3.63, 3.8) is 0 Å². The quantitative estimate of drug-likeness (QED) is 0.688. The van der Waals surface area contributed by atoms with Crippen LogP contribution in [-0.2, 0) is 4.74 Å². The summed E-state index contributed by atoms with van der Waals surface area (Å²) in [4.78, 5) is 0. The first-order valence-electron chi connectivity index (χ1n) is 7.38. The van der Waals surface area contributed by atoms with Crippen molar-refractivity contribution >= 4 is 0 Å². The molecule has 1 saturated carbocycles. The number of ether oxygens (including phenoxy) is 1. The Morgan fingerprint density at radius 3 is 2.63 bits per heavy atom. The molecule has 0 saturated heterocycles. The van der Waals surface area contributed by atoms with Crippen LogP contribution in [0.15, 0.2) is 24.3 Å². The zero-order valence-corrected chi connectivity index (χ0v) is 11.7. The molecule has 1 aliphatic rings. The molecule has 0 aromatic heterocycles. The Balaban J connectivity index is 1.75. The van der Waals surface area contributed by atoms with Crippen LogP contribution in [0.25, 0.3) is 0 Å². The van der Waals surface area contributed by atoms with Gasteiger partial charge in [0.2, 0.25) is 0 Å². The van der Waals surface area contributed by atoms with Crippen molar-refractivity contribution in [2.24, 2.45) is 5.92 Å². The van der Waals surface area contributed by atoms with Crippen molar-refractivity contribution < 1.29 is 9.13 Å². The Hall–Kier alpha value is -0.930. The normalized spacial score (nSPS) is 16.5. The lowest BCUT2D eigenvalue weighted by Gasteiger charge is -2.19. The van der Waals surface area contributed by atoms with Gasteiger partial charge in [-0.1, -0.05) is 25.5 Å². The number of rotatable bonds is 9. The van der Waals surface area contributed by atoms with Crippen molar-refractivity contribution in [3.05, 3.63) is 35.6 Å². The summed E-state index contributed by atoms with van der Waals surface area (Å²) < 4.78 is 18.5. The molecular weight excluding hydrogens is 241 g/mol. The number of hydrogen-bond acceptors (Lipinski definition) is 2. The molecule has 3 heteroatoms. The summed E-state index contributed by atoms with van der Waals surface area (Å²) in [6, 6.07) is 7.23. The summed E-state index contributed by atoms with van der Waals surface area (Å²) in [6.45, 7) is 4.63. The van der Waals surface area contributed by atoms with E-state index in [1.807, 2.05) is 12.1 Å². The van der Waals surface area contributed by atoms with Crippen LogP contribution in [0.3, 0.4) is 0 Å². The molecular formula is C16H24FNO. The number of unbranched alkanes of at least 4 members (excludes halogenated alkanes) is 1. The minimum atomic E-state index is -0.166. The maximum absolute atomic E-state index is 13.0. The molecule has 19 heavy (non-hydrogen) atoms. The van der Waals surface area contributed by atoms with Gasteiger partial charge in [-0.2, -0.15) is 0 Å². The molecule has 0 spiro atoms. The van der Waals surface area contributed by atoms with Crippen LogP contribution < -0.4 is 5.32 Å². The highest BCUT2D eigenvalue weighted by Gasteiger charge is 2.31. The Morgan fingerprint density at radius 2 is 2.00 bits per heavy atom. The van der Waals surface area contributed by atoms with Crippen LogP contribution in [0.5, 0.6) is 0 Å². The molecule has 0 amide bonds. The zero-order chi connectivity index (χ0) is 13.5. The molecule has 1 aromatic rings. The van der Waals surface area contributed by atoms with Crippen LogP contribution in [-0.4, -0.2) is 19.8 Å². The van der Waals surface area contributed by atoms with E-state index in [4.69, 9.17) is 4.74 Å². The van der Waals surface area contributed by atoms with Gasteiger partial charge in [-0.3, -0.25) is 0 Å². The molecule has 0 radical (unpaired) electrons. The van der Waals surface area contributed by atoms with Crippen molar-refractivity contribution in [2.75, 3.05) is 19.8 Å². The molecule has 1 atom stereocenters. The maximum Gasteiger partial charge on any atom is 0.123 e. The van der Waals surface area contributed by atoms with Crippen LogP contribution in [0, 0.1) is 11.7 Å². The van der Waals surface area contributed by atoms with Crippen molar-refractivity contribution in [1.29, 1.82) is 0 Å². The van der Waals surface area contributed by atoms with Gasteiger partial charge in [0.1, 0.15) is 5.82 Å². The van der Waals surface area contributed by atoms with Crippen molar-refractivity contribution in [1.82, 2.24) is 5.32 Å². The fourth-order valence-corrected chi connectivity index (χ4v) is 2.29. The SMILES string of the molecule is CCCCOCCNC(c1ccc(F)cc1)C1CC1. The van der Waals surface area contributed by atoms with E-state index in [1.54, 1.807) is 12.1 Å². The van der Waals surface area contributed by atoms with Gasteiger partial charge in [0.05, 0.1) is 6.61 Å². The van der Waals surface area contributed by atoms with Gasteiger partial charge in [-0.05, 0) is 42.9 Å². The molecule has 1 fully saturated rings. The maximum atomic E-state index is 13.0. The standard InChI is InChI=1S/C16H24FNO/c1-2-3-11-19-12-10-18-16(13-4-5-13)14-6-8-15(17)9-7-14/h6-9,13,16,18H,2-5,10-12H2,1H3. The lowest BCUT2D eigenvalue weighted by Crippen LogP contribution is -2.27. The second-order valence-electron chi connectivity index (χ2n) is 5.29. The van der Waals surface area contributed by atoms with Gasteiger partial charge in [-0.15, -0.1) is 0 Å². The van der Waals surface area contributed by atoms with Crippen molar-refractivity contribution in [2.45, 2.75) is 38.6 Å². The smallest absolute Gasteiger partial charge is 0.123 e. The summed E-state index contributed by atoms with van der Waals surface area (Å²) in [5.74, 6) is 0.544. The van der Waals surface area contributed by atoms with Gasteiger partial charge in [0, 0.05) is 19.2 Å². The summed E-state index contributed by atoms with van der Waals surface area (Å²) in [6.07, 6.45) is 4.84. The van der Waals surface area contributed by atoms with Gasteiger partial charge < -0.3 is 10.1 Å². The number of nitrogens with one attached hydrogen (secondary N) is 1. The number of halogens is 1. The molecule has 1 aliphatic carbocycles. The minimum Gasteiger partial charge on any atom is -0.380 e. The third kappa shape index (κ3) is 4.92. The van der Waals surface area contributed by atoms with Crippen LogP contribution in [0.2, 0.25) is 0 Å². The molecule has 1 aromatic carbocycles. The summed E-state index contributed by atoms with van der Waals surface area (Å²) in [5.41, 5.74) is 1.19. The largest absolute Gasteiger partial charge is 0.380 e. The summed E-state index contributed by atoms with van der Waals surface area (Å²) in [7, 11) is 0. The summed E-state index contributed by atoms with van der Waals surface area (Å²) >= 11 is 0. The van der Waals surface area contributed by atoms with E-state index in [1.165, 1.54) is 24.8 Å². The number of benzene rings is 1. The van der Waals surface area contributed by atoms with E-state index < -0.39 is 0 Å². The predicted octanol–water partition coefficient (Wildman–Crippen LogP) is 3.68. The monoisotopic (exact) mass is 265 g/mol. The lowest BCUT2D eigenvalue weighted by atomic mass is 10.0. The highest BCUT2D eigenvalue weighted by atomic mass is 19.1. The average molecular weight is 265 g/mol. The van der Waals surface area contributed by atoms with E-state index in [0.717, 1.165) is 26.2 Å². The van der Waals surface area contributed by atoms with Gasteiger partial charge in [0.15, 0.2) is 0 Å². The molecule has 106 valence electrons. The zero-order valence-electron chi connectivity index (χ0n) is 11.7. The molecule has 1 N–H and O–H groups in total. The average Bonchev–Trinajstić information content (AvgIpc) is 3.24. The van der Waals surface area contributed by atoms with E-state index in [0.29, 0.717) is 12.0 Å². The lowest BCUT2D eigenvalue weighted by molar-refractivity contribution is 0.130. The Morgan fingerprint density at radius 1 is 1.26 bits per heavy atom. The van der Waals surface area contributed by atoms with Crippen LogP contribution in [0.4, 0.5) is 4.39 Å². The third-order valence-corrected chi connectivity index (χ3v) is 3.58. The van der Waals surface area contributed by atoms with Crippen LogP contribution >= 0.6 is 0 Å². The molecule has 0 bridgehead atoms. The predicted molar refractivity (Wildman–Crippen MR) is 75.6 cm³/mol. The topological polar surface area (TPSA) is 21.3 Å². The Kier molecular flexibility index (Phi) is 5.80. The highest BCUT2D eigenvalue weighted by molar-refractivity contribution is 5.21. The Labute approximate surface area is 115 Å². The fraction of sp³-hybridized carbons (Fsp3) is 0.625. The Bertz CT molecular complexity index is 362. The second kappa shape index (κ2) is 7.61. The van der Waals surface area contributed by atoms with Gasteiger partial charge in [0.25, 0.3) is 0 Å². The number of hydrogen-bond donors (Lipinski definition) is 1. The third-order valence-electron chi connectivity index (χ3n) is 3.58. The van der Waals surface area contributed by atoms with Crippen molar-refractivity contribution in [3.8, 4) is 0 Å². The highest BCUT2D eigenvalue weighted by Crippen LogP contribution is 2.40. The first-order valence-corrected chi connectivity index (χ1v) is 7.38. The molecule has 2 nitrogen and oxygen atoms in total. The fourth-order valence-electron chi connectivity index (χ4n) is 2.29. The van der Waals surface area contributed by atoms with Gasteiger partial charge >= 0.3 is 0 Å². The molecule has 1 unspecified atom stereocenters. The van der Waals surface area contributed by atoms with Gasteiger partial charge in [-0.25, -0.2) is 4.39 Å².